The summed E-state index contributed by atoms with van der Waals surface area (Å²) >= 11 is 0. The Morgan fingerprint density at radius 3 is 2.60 bits per heavy atom. The molecule has 0 radical (unpaired) electrons. The van der Waals surface area contributed by atoms with Crippen LogP contribution in [-0.4, -0.2) is 41.9 Å². The van der Waals surface area contributed by atoms with Gasteiger partial charge in [0.25, 0.3) is 5.91 Å². The van der Waals surface area contributed by atoms with Crippen LogP contribution in [0.25, 0.3) is 11.0 Å². The number of amides is 2. The van der Waals surface area contributed by atoms with Crippen LogP contribution in [0.1, 0.15) is 45.1 Å². The number of rotatable bonds is 6. The lowest BCUT2D eigenvalue weighted by Gasteiger charge is -2.33. The number of hydrogen-bond donors (Lipinski definition) is 1. The highest BCUT2D eigenvalue weighted by Crippen LogP contribution is 2.32. The summed E-state index contributed by atoms with van der Waals surface area (Å²) in [5, 5.41) is 3.90. The second-order valence-corrected chi connectivity index (χ2v) is 8.24. The Balaban J connectivity index is 1.33. The normalized spacial score (nSPS) is 18.3. The van der Waals surface area contributed by atoms with Gasteiger partial charge in [0.05, 0.1) is 0 Å². The van der Waals surface area contributed by atoms with E-state index in [0.29, 0.717) is 24.4 Å². The van der Waals surface area contributed by atoms with E-state index in [1.807, 2.05) is 17.9 Å². The number of likely N-dealkylation sites (tertiary alicyclic amines) is 1. The first kappa shape index (κ1) is 20.4. The summed E-state index contributed by atoms with van der Waals surface area (Å²) in [5.74, 6) is 0.798. The zero-order valence-electron chi connectivity index (χ0n) is 17.5. The summed E-state index contributed by atoms with van der Waals surface area (Å²) in [4.78, 5) is 38.4. The summed E-state index contributed by atoms with van der Waals surface area (Å²) in [6, 6.07) is 6.84. The fourth-order valence-electron chi connectivity index (χ4n) is 3.98. The topological polar surface area (TPSA) is 88.8 Å². The average Bonchev–Trinajstić information content (AvgIpc) is 3.58. The van der Waals surface area contributed by atoms with Gasteiger partial charge in [-0.05, 0) is 56.7 Å². The predicted octanol–water partition coefficient (Wildman–Crippen LogP) is 2.64. The van der Waals surface area contributed by atoms with Gasteiger partial charge in [0.2, 0.25) is 5.91 Å². The number of carbonyl (C=O) groups excluding carboxylic acids is 2. The Morgan fingerprint density at radius 2 is 1.93 bits per heavy atom. The van der Waals surface area contributed by atoms with Crippen molar-refractivity contribution in [1.29, 1.82) is 0 Å². The third-order valence-electron chi connectivity index (χ3n) is 5.94. The Morgan fingerprint density at radius 1 is 1.20 bits per heavy atom. The van der Waals surface area contributed by atoms with Gasteiger partial charge in [-0.25, -0.2) is 4.79 Å². The maximum atomic E-state index is 12.6. The summed E-state index contributed by atoms with van der Waals surface area (Å²) in [6.07, 6.45) is 3.60. The molecule has 2 aliphatic rings. The van der Waals surface area contributed by atoms with Crippen molar-refractivity contribution in [3.05, 3.63) is 40.2 Å². The molecule has 4 rings (SSSR count). The van der Waals surface area contributed by atoms with Crippen molar-refractivity contribution < 1.29 is 18.7 Å². The highest BCUT2D eigenvalue weighted by atomic mass is 16.5. The Labute approximate surface area is 175 Å². The Bertz CT molecular complexity index is 1000. The lowest BCUT2D eigenvalue weighted by atomic mass is 10.0. The molecule has 1 aromatic heterocycles. The van der Waals surface area contributed by atoms with Gasteiger partial charge in [-0.15, -0.1) is 0 Å². The molecule has 2 amide bonds. The van der Waals surface area contributed by atoms with Crippen LogP contribution < -0.4 is 15.7 Å². The van der Waals surface area contributed by atoms with Gasteiger partial charge in [-0.2, -0.15) is 0 Å². The molecule has 1 N–H and O–H groups in total. The molecule has 0 bridgehead atoms. The minimum Gasteiger partial charge on any atom is -0.481 e. The number of piperidine rings is 1. The van der Waals surface area contributed by atoms with E-state index in [4.69, 9.17) is 9.15 Å². The molecule has 1 aliphatic carbocycles. The predicted molar refractivity (Wildman–Crippen MR) is 112 cm³/mol. The summed E-state index contributed by atoms with van der Waals surface area (Å²) in [5.41, 5.74) is 0.982. The SMILES string of the molecule is CCc1cc(=O)oc2cc(OC(C)C(=O)NC3CCN(C(=O)C4CC4)CC3)ccc12. The van der Waals surface area contributed by atoms with Gasteiger partial charge in [0.1, 0.15) is 11.3 Å². The molecule has 30 heavy (non-hydrogen) atoms. The first-order chi connectivity index (χ1) is 14.4. The average molecular weight is 412 g/mol. The number of nitrogens with zero attached hydrogens (tertiary/aromatic N) is 1. The van der Waals surface area contributed by atoms with Crippen molar-refractivity contribution in [3.8, 4) is 5.75 Å². The van der Waals surface area contributed by atoms with Crippen molar-refractivity contribution in [2.45, 2.75) is 58.1 Å². The quantitative estimate of drug-likeness (QED) is 0.737. The van der Waals surface area contributed by atoms with E-state index in [9.17, 15) is 14.4 Å². The number of ether oxygens (including phenoxy) is 1. The molecule has 1 atom stereocenters. The van der Waals surface area contributed by atoms with Crippen LogP contribution >= 0.6 is 0 Å². The zero-order chi connectivity index (χ0) is 21.3. The van der Waals surface area contributed by atoms with E-state index in [-0.39, 0.29) is 23.8 Å². The summed E-state index contributed by atoms with van der Waals surface area (Å²) in [7, 11) is 0. The van der Waals surface area contributed by atoms with E-state index < -0.39 is 11.7 Å². The fraction of sp³-hybridized carbons (Fsp3) is 0.522. The summed E-state index contributed by atoms with van der Waals surface area (Å²) < 4.78 is 11.1. The first-order valence-electron chi connectivity index (χ1n) is 10.8. The van der Waals surface area contributed by atoms with E-state index in [1.54, 1.807) is 19.1 Å². The minimum absolute atomic E-state index is 0.0496. The molecule has 7 nitrogen and oxygen atoms in total. The molecule has 160 valence electrons. The van der Waals surface area contributed by atoms with Crippen LogP contribution in [0.5, 0.6) is 5.75 Å². The van der Waals surface area contributed by atoms with E-state index in [0.717, 1.165) is 43.1 Å². The Kier molecular flexibility index (Phi) is 5.79. The Hall–Kier alpha value is -2.83. The van der Waals surface area contributed by atoms with Gasteiger partial charge < -0.3 is 19.4 Å². The van der Waals surface area contributed by atoms with E-state index in [2.05, 4.69) is 5.32 Å². The molecule has 1 unspecified atom stereocenters. The van der Waals surface area contributed by atoms with Gasteiger partial charge in [-0.3, -0.25) is 9.59 Å². The van der Waals surface area contributed by atoms with Crippen LogP contribution in [-0.2, 0) is 16.0 Å². The van der Waals surface area contributed by atoms with E-state index in [1.165, 1.54) is 6.07 Å². The lowest BCUT2D eigenvalue weighted by molar-refractivity contribution is -0.134. The first-order valence-corrected chi connectivity index (χ1v) is 10.8. The van der Waals surface area contributed by atoms with Crippen molar-refractivity contribution in [3.63, 3.8) is 0 Å². The highest BCUT2D eigenvalue weighted by Gasteiger charge is 2.35. The minimum atomic E-state index is -0.686. The van der Waals surface area contributed by atoms with Crippen LogP contribution in [0.15, 0.2) is 33.5 Å². The smallest absolute Gasteiger partial charge is 0.336 e. The molecular weight excluding hydrogens is 384 g/mol. The second kappa shape index (κ2) is 8.50. The van der Waals surface area contributed by atoms with Gasteiger partial charge in [0.15, 0.2) is 6.10 Å². The molecule has 1 saturated carbocycles. The van der Waals surface area contributed by atoms with Crippen LogP contribution in [0, 0.1) is 5.92 Å². The third kappa shape index (κ3) is 4.50. The molecule has 1 saturated heterocycles. The van der Waals surface area contributed by atoms with Crippen LogP contribution in [0.3, 0.4) is 0 Å². The second-order valence-electron chi connectivity index (χ2n) is 8.24. The van der Waals surface area contributed by atoms with Crippen molar-refractivity contribution >= 4 is 22.8 Å². The fourth-order valence-corrected chi connectivity index (χ4v) is 3.98. The number of carbonyl (C=O) groups is 2. The molecule has 2 fully saturated rings. The zero-order valence-corrected chi connectivity index (χ0v) is 17.5. The number of nitrogens with one attached hydrogen (secondary N) is 1. The van der Waals surface area contributed by atoms with Crippen molar-refractivity contribution in [2.75, 3.05) is 13.1 Å². The maximum absolute atomic E-state index is 12.6. The standard InChI is InChI=1S/C23H28N2O5/c1-3-15-12-21(26)30-20-13-18(6-7-19(15)20)29-14(2)22(27)24-17-8-10-25(11-9-17)23(28)16-4-5-16/h6-7,12-14,16-17H,3-5,8-11H2,1-2H3,(H,24,27). The molecular formula is C23H28N2O5. The maximum Gasteiger partial charge on any atom is 0.336 e. The molecule has 2 aromatic rings. The van der Waals surface area contributed by atoms with Gasteiger partial charge >= 0.3 is 5.63 Å². The molecule has 1 aromatic carbocycles. The van der Waals surface area contributed by atoms with Crippen LogP contribution in [0.2, 0.25) is 0 Å². The number of benzene rings is 1. The molecule has 0 spiro atoms. The highest BCUT2D eigenvalue weighted by molar-refractivity contribution is 5.83. The third-order valence-corrected chi connectivity index (χ3v) is 5.94. The number of hydrogen-bond acceptors (Lipinski definition) is 5. The number of fused-ring (bicyclic) bond motifs is 1. The van der Waals surface area contributed by atoms with Crippen molar-refractivity contribution in [2.24, 2.45) is 5.92 Å². The molecule has 1 aliphatic heterocycles. The van der Waals surface area contributed by atoms with Gasteiger partial charge in [-0.1, -0.05) is 6.92 Å². The molecule has 7 heteroatoms. The largest absolute Gasteiger partial charge is 0.481 e. The summed E-state index contributed by atoms with van der Waals surface area (Å²) in [6.45, 7) is 5.07. The van der Waals surface area contributed by atoms with Crippen LogP contribution in [0.4, 0.5) is 0 Å². The number of aryl methyl sites for hydroxylation is 1. The molecule has 2 heterocycles. The van der Waals surface area contributed by atoms with E-state index >= 15 is 0 Å². The van der Waals surface area contributed by atoms with Crippen molar-refractivity contribution in [1.82, 2.24) is 10.2 Å². The monoisotopic (exact) mass is 412 g/mol. The lowest BCUT2D eigenvalue weighted by Crippen LogP contribution is -2.49. The van der Waals surface area contributed by atoms with Gasteiger partial charge in [0, 0.05) is 42.6 Å².